The van der Waals surface area contributed by atoms with Gasteiger partial charge in [-0.05, 0) is 43.2 Å². The van der Waals surface area contributed by atoms with E-state index in [4.69, 9.17) is 16.3 Å². The van der Waals surface area contributed by atoms with E-state index in [1.165, 1.54) is 13.1 Å². The number of hydrogen-bond donors (Lipinski definition) is 1. The smallest absolute Gasteiger partial charge is 0.338 e. The van der Waals surface area contributed by atoms with E-state index in [0.29, 0.717) is 29.4 Å². The standard InChI is InChI=1S/C20H20ClN3O4/c1-13(19(26)23-17-9-8-16(21)11-22-17)28-20(27)15-6-4-14(5-7-15)12-24-10-2-3-18(24)25/h4-9,11,13H,2-3,10,12H2,1H3,(H,22,23,26). The van der Waals surface area contributed by atoms with Gasteiger partial charge in [0.05, 0.1) is 10.6 Å². The molecule has 1 atom stereocenters. The summed E-state index contributed by atoms with van der Waals surface area (Å²) in [5, 5.41) is 3.01. The number of rotatable bonds is 6. The Balaban J connectivity index is 1.53. The number of carbonyl (C=O) groups is 3. The second kappa shape index (κ2) is 8.84. The summed E-state index contributed by atoms with van der Waals surface area (Å²) in [4.78, 5) is 41.9. The number of anilines is 1. The molecular weight excluding hydrogens is 382 g/mol. The normalized spacial score (nSPS) is 14.6. The molecule has 0 spiro atoms. The van der Waals surface area contributed by atoms with Gasteiger partial charge in [-0.1, -0.05) is 23.7 Å². The lowest BCUT2D eigenvalue weighted by Gasteiger charge is -2.16. The highest BCUT2D eigenvalue weighted by Crippen LogP contribution is 2.16. The molecule has 28 heavy (non-hydrogen) atoms. The maximum Gasteiger partial charge on any atom is 0.338 e. The molecule has 8 heteroatoms. The van der Waals surface area contributed by atoms with Crippen LogP contribution in [0.25, 0.3) is 0 Å². The maximum atomic E-state index is 12.3. The van der Waals surface area contributed by atoms with E-state index < -0.39 is 18.0 Å². The van der Waals surface area contributed by atoms with Gasteiger partial charge < -0.3 is 15.0 Å². The van der Waals surface area contributed by atoms with Crippen LogP contribution in [0.1, 0.15) is 35.7 Å². The summed E-state index contributed by atoms with van der Waals surface area (Å²) in [7, 11) is 0. The topological polar surface area (TPSA) is 88.6 Å². The summed E-state index contributed by atoms with van der Waals surface area (Å²) in [6.07, 6.45) is 1.89. The van der Waals surface area contributed by atoms with Gasteiger partial charge in [0.15, 0.2) is 6.10 Å². The van der Waals surface area contributed by atoms with Crippen LogP contribution in [-0.4, -0.2) is 40.3 Å². The van der Waals surface area contributed by atoms with Crippen molar-refractivity contribution in [1.29, 1.82) is 0 Å². The molecule has 1 aromatic carbocycles. The summed E-state index contributed by atoms with van der Waals surface area (Å²) in [6, 6.07) is 9.97. The van der Waals surface area contributed by atoms with E-state index in [1.807, 2.05) is 0 Å². The highest BCUT2D eigenvalue weighted by molar-refractivity contribution is 6.30. The predicted octanol–water partition coefficient (Wildman–Crippen LogP) is 3.04. The molecule has 1 fully saturated rings. The number of halogens is 1. The first-order chi connectivity index (χ1) is 13.4. The largest absolute Gasteiger partial charge is 0.449 e. The third-order valence-corrected chi connectivity index (χ3v) is 4.59. The minimum Gasteiger partial charge on any atom is -0.449 e. The fourth-order valence-corrected chi connectivity index (χ4v) is 2.91. The molecule has 0 radical (unpaired) electrons. The molecule has 2 aromatic rings. The molecule has 1 saturated heterocycles. The van der Waals surface area contributed by atoms with Crippen LogP contribution in [0, 0.1) is 0 Å². The molecule has 1 aliphatic heterocycles. The Morgan fingerprint density at radius 3 is 2.61 bits per heavy atom. The Labute approximate surface area is 167 Å². The first-order valence-electron chi connectivity index (χ1n) is 8.92. The minimum atomic E-state index is -0.994. The van der Waals surface area contributed by atoms with E-state index in [9.17, 15) is 14.4 Å². The Morgan fingerprint density at radius 1 is 1.25 bits per heavy atom. The first-order valence-corrected chi connectivity index (χ1v) is 9.30. The number of likely N-dealkylation sites (tertiary alicyclic amines) is 1. The van der Waals surface area contributed by atoms with Crippen molar-refractivity contribution in [1.82, 2.24) is 9.88 Å². The van der Waals surface area contributed by atoms with Gasteiger partial charge in [0.1, 0.15) is 5.82 Å². The lowest BCUT2D eigenvalue weighted by atomic mass is 10.1. The van der Waals surface area contributed by atoms with Crippen molar-refractivity contribution in [3.63, 3.8) is 0 Å². The second-order valence-electron chi connectivity index (χ2n) is 6.51. The highest BCUT2D eigenvalue weighted by Gasteiger charge is 2.21. The average Bonchev–Trinajstić information content (AvgIpc) is 3.08. The Hall–Kier alpha value is -2.93. The van der Waals surface area contributed by atoms with E-state index >= 15 is 0 Å². The van der Waals surface area contributed by atoms with Crippen LogP contribution in [0.4, 0.5) is 5.82 Å². The number of ether oxygens (including phenoxy) is 1. The Morgan fingerprint density at radius 2 is 2.00 bits per heavy atom. The summed E-state index contributed by atoms with van der Waals surface area (Å²) in [6.45, 7) is 2.77. The van der Waals surface area contributed by atoms with Crippen LogP contribution in [0.5, 0.6) is 0 Å². The Kier molecular flexibility index (Phi) is 6.26. The van der Waals surface area contributed by atoms with Crippen LogP contribution < -0.4 is 5.32 Å². The summed E-state index contributed by atoms with van der Waals surface area (Å²) in [5.74, 6) is -0.625. The number of pyridine rings is 1. The number of carbonyl (C=O) groups excluding carboxylic acids is 3. The summed E-state index contributed by atoms with van der Waals surface area (Å²) >= 11 is 5.75. The number of nitrogens with one attached hydrogen (secondary N) is 1. The quantitative estimate of drug-likeness (QED) is 0.751. The summed E-state index contributed by atoms with van der Waals surface area (Å²) in [5.41, 5.74) is 1.27. The fraction of sp³-hybridized carbons (Fsp3) is 0.300. The van der Waals surface area contributed by atoms with Gasteiger partial charge >= 0.3 is 5.97 Å². The third-order valence-electron chi connectivity index (χ3n) is 4.37. The van der Waals surface area contributed by atoms with Gasteiger partial charge in [-0.25, -0.2) is 9.78 Å². The molecule has 2 heterocycles. The molecular formula is C20H20ClN3O4. The molecule has 0 saturated carbocycles. The van der Waals surface area contributed by atoms with Gasteiger partial charge in [0.25, 0.3) is 5.91 Å². The molecule has 3 rings (SSSR count). The zero-order valence-electron chi connectivity index (χ0n) is 15.4. The van der Waals surface area contributed by atoms with Crippen molar-refractivity contribution in [2.24, 2.45) is 0 Å². The molecule has 1 unspecified atom stereocenters. The molecule has 0 aliphatic carbocycles. The number of hydrogen-bond acceptors (Lipinski definition) is 5. The van der Waals surface area contributed by atoms with Crippen LogP contribution in [0.15, 0.2) is 42.6 Å². The molecule has 7 nitrogen and oxygen atoms in total. The van der Waals surface area contributed by atoms with Gasteiger partial charge in [0, 0.05) is 25.7 Å². The molecule has 146 valence electrons. The van der Waals surface area contributed by atoms with Crippen molar-refractivity contribution in [2.75, 3.05) is 11.9 Å². The zero-order chi connectivity index (χ0) is 20.1. The minimum absolute atomic E-state index is 0.151. The molecule has 1 aliphatic rings. The summed E-state index contributed by atoms with van der Waals surface area (Å²) < 4.78 is 5.22. The number of benzene rings is 1. The van der Waals surface area contributed by atoms with Crippen LogP contribution >= 0.6 is 11.6 Å². The Bertz CT molecular complexity index is 868. The van der Waals surface area contributed by atoms with E-state index in [2.05, 4.69) is 10.3 Å². The van der Waals surface area contributed by atoms with Crippen molar-refractivity contribution in [3.8, 4) is 0 Å². The van der Waals surface area contributed by atoms with Crippen LogP contribution in [0.3, 0.4) is 0 Å². The first kappa shape index (κ1) is 19.8. The van der Waals surface area contributed by atoms with Gasteiger partial charge in [-0.2, -0.15) is 0 Å². The molecule has 0 bridgehead atoms. The molecule has 1 N–H and O–H groups in total. The highest BCUT2D eigenvalue weighted by atomic mass is 35.5. The van der Waals surface area contributed by atoms with Gasteiger partial charge in [0.2, 0.25) is 5.91 Å². The van der Waals surface area contributed by atoms with E-state index in [0.717, 1.165) is 18.5 Å². The number of esters is 1. The molecule has 1 aromatic heterocycles. The number of nitrogens with zero attached hydrogens (tertiary/aromatic N) is 2. The molecule has 2 amide bonds. The van der Waals surface area contributed by atoms with Crippen molar-refractivity contribution >= 4 is 35.2 Å². The third kappa shape index (κ3) is 5.07. The van der Waals surface area contributed by atoms with Crippen molar-refractivity contribution in [3.05, 3.63) is 58.7 Å². The lowest BCUT2D eigenvalue weighted by Crippen LogP contribution is -2.30. The van der Waals surface area contributed by atoms with Crippen LogP contribution in [-0.2, 0) is 20.9 Å². The van der Waals surface area contributed by atoms with Gasteiger partial charge in [-0.15, -0.1) is 0 Å². The fourth-order valence-electron chi connectivity index (χ4n) is 2.80. The zero-order valence-corrected chi connectivity index (χ0v) is 16.1. The van der Waals surface area contributed by atoms with E-state index in [1.54, 1.807) is 41.3 Å². The van der Waals surface area contributed by atoms with Crippen molar-refractivity contribution in [2.45, 2.75) is 32.4 Å². The average molecular weight is 402 g/mol. The van der Waals surface area contributed by atoms with Gasteiger partial charge in [-0.3, -0.25) is 9.59 Å². The van der Waals surface area contributed by atoms with Crippen molar-refractivity contribution < 1.29 is 19.1 Å². The number of amides is 2. The number of aromatic nitrogens is 1. The lowest BCUT2D eigenvalue weighted by molar-refractivity contribution is -0.128. The van der Waals surface area contributed by atoms with Crippen LogP contribution in [0.2, 0.25) is 5.02 Å². The maximum absolute atomic E-state index is 12.3. The monoisotopic (exact) mass is 401 g/mol. The second-order valence-corrected chi connectivity index (χ2v) is 6.95. The SMILES string of the molecule is CC(OC(=O)c1ccc(CN2CCCC2=O)cc1)C(=O)Nc1ccc(Cl)cn1. The van der Waals surface area contributed by atoms with E-state index in [-0.39, 0.29) is 5.91 Å². The predicted molar refractivity (Wildman–Crippen MR) is 104 cm³/mol.